The van der Waals surface area contributed by atoms with Gasteiger partial charge in [-0.25, -0.2) is 10.8 Å². The second-order valence-electron chi connectivity index (χ2n) is 3.96. The van der Waals surface area contributed by atoms with Crippen LogP contribution in [0.1, 0.15) is 5.76 Å². The maximum atomic E-state index is 9.15. The number of fused-ring (bicyclic) bond motifs is 1. The molecule has 21 heavy (non-hydrogen) atoms. The number of nitrogens with two attached hydrogens (primary N) is 1. The fourth-order valence-electron chi connectivity index (χ4n) is 1.79. The predicted octanol–water partition coefficient (Wildman–Crippen LogP) is 2.83. The van der Waals surface area contributed by atoms with Crippen molar-refractivity contribution in [1.29, 1.82) is 5.26 Å². The van der Waals surface area contributed by atoms with Gasteiger partial charge in [0, 0.05) is 0 Å². The van der Waals surface area contributed by atoms with Crippen LogP contribution < -0.4 is 16.0 Å². The quantitative estimate of drug-likeness (QED) is 0.565. The van der Waals surface area contributed by atoms with Gasteiger partial charge in [-0.2, -0.15) is 10.2 Å². The van der Waals surface area contributed by atoms with Crippen LogP contribution in [0.3, 0.4) is 0 Å². The highest BCUT2D eigenvalue weighted by molar-refractivity contribution is 6.31. The van der Waals surface area contributed by atoms with Crippen molar-refractivity contribution >= 4 is 28.5 Å². The number of nitriles is 1. The van der Waals surface area contributed by atoms with Crippen molar-refractivity contribution in [3.63, 3.8) is 0 Å². The Balaban J connectivity index is 2.12. The van der Waals surface area contributed by atoms with Crippen LogP contribution in [0.25, 0.3) is 11.0 Å². The fourth-order valence-corrected chi connectivity index (χ4v) is 1.92. The molecule has 2 heterocycles. The van der Waals surface area contributed by atoms with Gasteiger partial charge in [0.1, 0.15) is 16.7 Å². The molecule has 0 atom stereocenters. The van der Waals surface area contributed by atoms with E-state index in [1.807, 2.05) is 6.07 Å². The molecule has 3 N–H and O–H groups in total. The highest BCUT2D eigenvalue weighted by atomic mass is 35.5. The summed E-state index contributed by atoms with van der Waals surface area (Å²) in [6.07, 6.45) is 1.34. The van der Waals surface area contributed by atoms with E-state index in [9.17, 15) is 0 Å². The van der Waals surface area contributed by atoms with E-state index in [-0.39, 0.29) is 28.4 Å². The van der Waals surface area contributed by atoms with Crippen LogP contribution in [-0.4, -0.2) is 9.97 Å². The lowest BCUT2D eigenvalue weighted by atomic mass is 10.2. The number of nitrogen functional groups attached to an aromatic ring is 1. The van der Waals surface area contributed by atoms with Crippen LogP contribution in [-0.2, 0) is 0 Å². The van der Waals surface area contributed by atoms with E-state index in [1.165, 1.54) is 6.20 Å². The Morgan fingerprint density at radius 3 is 2.95 bits per heavy atom. The predicted molar refractivity (Wildman–Crippen MR) is 75.9 cm³/mol. The monoisotopic (exact) mass is 301 g/mol. The first kappa shape index (κ1) is 13.2. The molecule has 104 valence electrons. The van der Waals surface area contributed by atoms with E-state index in [0.717, 1.165) is 0 Å². The van der Waals surface area contributed by atoms with Crippen LogP contribution in [0.4, 0.5) is 5.95 Å². The SMILES string of the molecule is N#Cc1oc2ccccc2c1Oc1nc(NN)ncc1Cl. The number of nitrogens with zero attached hydrogens (tertiary/aromatic N) is 3. The van der Waals surface area contributed by atoms with E-state index in [2.05, 4.69) is 15.4 Å². The highest BCUT2D eigenvalue weighted by Gasteiger charge is 2.18. The summed E-state index contributed by atoms with van der Waals surface area (Å²) in [4.78, 5) is 7.84. The molecule has 0 aliphatic heterocycles. The van der Waals surface area contributed by atoms with Gasteiger partial charge in [0.2, 0.25) is 17.6 Å². The molecule has 1 aromatic carbocycles. The van der Waals surface area contributed by atoms with Gasteiger partial charge >= 0.3 is 0 Å². The third-order valence-corrected chi connectivity index (χ3v) is 2.95. The highest BCUT2D eigenvalue weighted by Crippen LogP contribution is 2.37. The minimum Gasteiger partial charge on any atom is -0.442 e. The van der Waals surface area contributed by atoms with Gasteiger partial charge in [0.15, 0.2) is 5.75 Å². The number of nitrogens with one attached hydrogen (secondary N) is 1. The number of aromatic nitrogens is 2. The number of halogens is 1. The van der Waals surface area contributed by atoms with Crippen LogP contribution in [0.5, 0.6) is 11.6 Å². The number of para-hydroxylation sites is 1. The molecule has 0 saturated heterocycles. The number of benzene rings is 1. The van der Waals surface area contributed by atoms with Gasteiger partial charge in [0.05, 0.1) is 11.6 Å². The van der Waals surface area contributed by atoms with Crippen molar-refractivity contribution in [2.45, 2.75) is 0 Å². The lowest BCUT2D eigenvalue weighted by Crippen LogP contribution is -2.10. The Bertz CT molecular complexity index is 855. The molecule has 2 aromatic heterocycles. The normalized spacial score (nSPS) is 10.3. The summed E-state index contributed by atoms with van der Waals surface area (Å²) in [5.74, 6) is 5.74. The average Bonchev–Trinajstić information content (AvgIpc) is 2.87. The number of hydrogen-bond donors (Lipinski definition) is 2. The van der Waals surface area contributed by atoms with Gasteiger partial charge in [-0.15, -0.1) is 0 Å². The van der Waals surface area contributed by atoms with Crippen LogP contribution in [0.2, 0.25) is 5.02 Å². The third-order valence-electron chi connectivity index (χ3n) is 2.69. The van der Waals surface area contributed by atoms with Crippen molar-refractivity contribution in [2.24, 2.45) is 5.84 Å². The molecule has 0 radical (unpaired) electrons. The summed E-state index contributed by atoms with van der Waals surface area (Å²) in [5.41, 5.74) is 2.82. The molecule has 0 amide bonds. The van der Waals surface area contributed by atoms with E-state index < -0.39 is 0 Å². The Hall–Kier alpha value is -2.82. The number of ether oxygens (including phenoxy) is 1. The van der Waals surface area contributed by atoms with Gasteiger partial charge in [-0.05, 0) is 12.1 Å². The fraction of sp³-hybridized carbons (Fsp3) is 0. The first-order valence-electron chi connectivity index (χ1n) is 5.81. The largest absolute Gasteiger partial charge is 0.442 e. The standard InChI is InChI=1S/C13H8ClN5O2/c14-8-6-17-13(19-16)18-12(8)21-11-7-3-1-2-4-9(7)20-10(11)5-15/h1-4,6H,16H2,(H,17,18,19). The summed E-state index contributed by atoms with van der Waals surface area (Å²) >= 11 is 5.98. The summed E-state index contributed by atoms with van der Waals surface area (Å²) in [6.45, 7) is 0. The molecule has 8 heteroatoms. The second kappa shape index (κ2) is 5.28. The molecule has 0 unspecified atom stereocenters. The summed E-state index contributed by atoms with van der Waals surface area (Å²) < 4.78 is 11.0. The Morgan fingerprint density at radius 2 is 2.19 bits per heavy atom. The first-order chi connectivity index (χ1) is 10.2. The zero-order chi connectivity index (χ0) is 14.8. The summed E-state index contributed by atoms with van der Waals surface area (Å²) in [6, 6.07) is 9.04. The van der Waals surface area contributed by atoms with Gasteiger partial charge < -0.3 is 9.15 Å². The third kappa shape index (κ3) is 2.33. The van der Waals surface area contributed by atoms with Crippen LogP contribution in [0, 0.1) is 11.3 Å². The van der Waals surface area contributed by atoms with Crippen LogP contribution >= 0.6 is 11.6 Å². The van der Waals surface area contributed by atoms with Crippen molar-refractivity contribution < 1.29 is 9.15 Å². The van der Waals surface area contributed by atoms with Gasteiger partial charge in [-0.3, -0.25) is 5.43 Å². The number of anilines is 1. The van der Waals surface area contributed by atoms with Crippen molar-refractivity contribution in [2.75, 3.05) is 5.43 Å². The molecule has 3 aromatic rings. The molecule has 0 saturated carbocycles. The van der Waals surface area contributed by atoms with E-state index >= 15 is 0 Å². The Morgan fingerprint density at radius 1 is 1.38 bits per heavy atom. The molecular formula is C13H8ClN5O2. The second-order valence-corrected chi connectivity index (χ2v) is 4.37. The average molecular weight is 302 g/mol. The lowest BCUT2D eigenvalue weighted by molar-refractivity contribution is 0.450. The maximum absolute atomic E-state index is 9.15. The minimum atomic E-state index is 0.0353. The Labute approximate surface area is 123 Å². The molecule has 3 rings (SSSR count). The maximum Gasteiger partial charge on any atom is 0.247 e. The molecule has 7 nitrogen and oxygen atoms in total. The number of hydrazine groups is 1. The smallest absolute Gasteiger partial charge is 0.247 e. The number of rotatable bonds is 3. The summed E-state index contributed by atoms with van der Waals surface area (Å²) in [5, 5.41) is 9.97. The van der Waals surface area contributed by atoms with E-state index in [1.54, 1.807) is 24.3 Å². The molecule has 0 fully saturated rings. The van der Waals surface area contributed by atoms with E-state index in [4.69, 9.17) is 31.9 Å². The number of hydrogen-bond acceptors (Lipinski definition) is 7. The van der Waals surface area contributed by atoms with Gasteiger partial charge in [0.25, 0.3) is 0 Å². The van der Waals surface area contributed by atoms with Crippen molar-refractivity contribution in [3.05, 3.63) is 41.2 Å². The minimum absolute atomic E-state index is 0.0353. The zero-order valence-corrected chi connectivity index (χ0v) is 11.3. The molecule has 0 spiro atoms. The van der Waals surface area contributed by atoms with Crippen molar-refractivity contribution in [3.8, 4) is 17.7 Å². The van der Waals surface area contributed by atoms with E-state index in [0.29, 0.717) is 11.0 Å². The molecule has 0 aliphatic carbocycles. The van der Waals surface area contributed by atoms with Gasteiger partial charge in [-0.1, -0.05) is 23.7 Å². The van der Waals surface area contributed by atoms with Crippen molar-refractivity contribution in [1.82, 2.24) is 9.97 Å². The molecular weight excluding hydrogens is 294 g/mol. The lowest BCUT2D eigenvalue weighted by Gasteiger charge is -2.06. The number of furan rings is 1. The zero-order valence-electron chi connectivity index (χ0n) is 10.5. The summed E-state index contributed by atoms with van der Waals surface area (Å²) in [7, 11) is 0. The first-order valence-corrected chi connectivity index (χ1v) is 6.19. The Kier molecular flexibility index (Phi) is 3.31. The molecule has 0 aliphatic rings. The topological polar surface area (TPSA) is 110 Å². The van der Waals surface area contributed by atoms with Crippen LogP contribution in [0.15, 0.2) is 34.9 Å². The molecule has 0 bridgehead atoms.